The third kappa shape index (κ3) is 3.18. The molecule has 1 N–H and O–H groups in total. The SMILES string of the molecule is O=C(O)C1CC2CCCCC2N1C/C=C/c1ccccc1. The maximum absolute atomic E-state index is 11.5. The average Bonchev–Trinajstić information content (AvgIpc) is 2.88. The van der Waals surface area contributed by atoms with Crippen molar-refractivity contribution < 1.29 is 9.90 Å². The molecule has 1 heterocycles. The van der Waals surface area contributed by atoms with Crippen LogP contribution in [0.15, 0.2) is 36.4 Å². The summed E-state index contributed by atoms with van der Waals surface area (Å²) in [4.78, 5) is 13.7. The van der Waals surface area contributed by atoms with Gasteiger partial charge in [0.1, 0.15) is 6.04 Å². The van der Waals surface area contributed by atoms with E-state index < -0.39 is 5.97 Å². The van der Waals surface area contributed by atoms with Crippen molar-refractivity contribution in [3.63, 3.8) is 0 Å². The van der Waals surface area contributed by atoms with Crippen LogP contribution in [-0.4, -0.2) is 34.6 Å². The van der Waals surface area contributed by atoms with E-state index in [2.05, 4.69) is 29.2 Å². The molecule has 0 amide bonds. The fourth-order valence-corrected chi connectivity index (χ4v) is 3.93. The predicted octanol–water partition coefficient (Wildman–Crippen LogP) is 3.42. The number of hydrogen-bond acceptors (Lipinski definition) is 2. The van der Waals surface area contributed by atoms with Gasteiger partial charge in [0.2, 0.25) is 0 Å². The molecular formula is C18H23NO2. The van der Waals surface area contributed by atoms with E-state index in [4.69, 9.17) is 0 Å². The molecule has 3 unspecified atom stereocenters. The lowest BCUT2D eigenvalue weighted by Gasteiger charge is -2.32. The van der Waals surface area contributed by atoms with Crippen molar-refractivity contribution in [3.8, 4) is 0 Å². The molecule has 1 aliphatic heterocycles. The Morgan fingerprint density at radius 1 is 1.24 bits per heavy atom. The number of carboxylic acid groups (broad SMARTS) is 1. The van der Waals surface area contributed by atoms with E-state index in [-0.39, 0.29) is 6.04 Å². The van der Waals surface area contributed by atoms with Crippen LogP contribution in [0.1, 0.15) is 37.7 Å². The number of rotatable bonds is 4. The van der Waals surface area contributed by atoms with Gasteiger partial charge in [-0.25, -0.2) is 0 Å². The second-order valence-electron chi connectivity index (χ2n) is 6.21. The van der Waals surface area contributed by atoms with Crippen LogP contribution in [0.3, 0.4) is 0 Å². The second kappa shape index (κ2) is 6.44. The molecule has 3 rings (SSSR count). The monoisotopic (exact) mass is 285 g/mol. The first-order valence-corrected chi connectivity index (χ1v) is 7.96. The van der Waals surface area contributed by atoms with E-state index in [0.29, 0.717) is 12.0 Å². The third-order valence-corrected chi connectivity index (χ3v) is 4.93. The van der Waals surface area contributed by atoms with Crippen molar-refractivity contribution in [3.05, 3.63) is 42.0 Å². The summed E-state index contributed by atoms with van der Waals surface area (Å²) in [5.74, 6) is -0.0671. The van der Waals surface area contributed by atoms with Crippen molar-refractivity contribution in [1.82, 2.24) is 4.90 Å². The van der Waals surface area contributed by atoms with E-state index in [9.17, 15) is 9.90 Å². The zero-order valence-electron chi connectivity index (χ0n) is 12.3. The van der Waals surface area contributed by atoms with Crippen LogP contribution in [0, 0.1) is 5.92 Å². The summed E-state index contributed by atoms with van der Waals surface area (Å²) in [7, 11) is 0. The summed E-state index contributed by atoms with van der Waals surface area (Å²) in [6.45, 7) is 0.743. The van der Waals surface area contributed by atoms with Gasteiger partial charge in [0.05, 0.1) is 0 Å². The Morgan fingerprint density at radius 2 is 2.00 bits per heavy atom. The van der Waals surface area contributed by atoms with Crippen LogP contribution in [0.25, 0.3) is 6.08 Å². The fourth-order valence-electron chi connectivity index (χ4n) is 3.93. The van der Waals surface area contributed by atoms with E-state index in [1.165, 1.54) is 24.8 Å². The Labute approximate surface area is 126 Å². The molecule has 112 valence electrons. The Morgan fingerprint density at radius 3 is 2.76 bits per heavy atom. The molecule has 1 saturated carbocycles. The highest BCUT2D eigenvalue weighted by Crippen LogP contribution is 2.39. The minimum absolute atomic E-state index is 0.293. The summed E-state index contributed by atoms with van der Waals surface area (Å²) in [6, 6.07) is 10.4. The van der Waals surface area contributed by atoms with Crippen LogP contribution in [0.2, 0.25) is 0 Å². The van der Waals surface area contributed by atoms with Crippen molar-refractivity contribution >= 4 is 12.0 Å². The van der Waals surface area contributed by atoms with Crippen LogP contribution in [0.4, 0.5) is 0 Å². The molecule has 1 aromatic rings. The molecule has 2 aliphatic rings. The van der Waals surface area contributed by atoms with E-state index in [0.717, 1.165) is 19.4 Å². The highest BCUT2D eigenvalue weighted by molar-refractivity contribution is 5.74. The quantitative estimate of drug-likeness (QED) is 0.921. The number of likely N-dealkylation sites (tertiary alicyclic amines) is 1. The lowest BCUT2D eigenvalue weighted by molar-refractivity contribution is -0.142. The van der Waals surface area contributed by atoms with Gasteiger partial charge in [0, 0.05) is 12.6 Å². The summed E-state index contributed by atoms with van der Waals surface area (Å²) in [5, 5.41) is 9.48. The third-order valence-electron chi connectivity index (χ3n) is 4.93. The molecule has 0 radical (unpaired) electrons. The first kappa shape index (κ1) is 14.3. The smallest absolute Gasteiger partial charge is 0.320 e. The van der Waals surface area contributed by atoms with Gasteiger partial charge in [-0.2, -0.15) is 0 Å². The van der Waals surface area contributed by atoms with Gasteiger partial charge in [-0.05, 0) is 30.7 Å². The van der Waals surface area contributed by atoms with Crippen LogP contribution in [-0.2, 0) is 4.79 Å². The number of aliphatic carboxylic acids is 1. The Balaban J connectivity index is 1.69. The Hall–Kier alpha value is -1.61. The molecule has 1 aromatic carbocycles. The molecule has 1 aliphatic carbocycles. The molecule has 0 aromatic heterocycles. The lowest BCUT2D eigenvalue weighted by atomic mass is 9.85. The summed E-state index contributed by atoms with van der Waals surface area (Å²) in [5.41, 5.74) is 1.17. The Kier molecular flexibility index (Phi) is 4.39. The van der Waals surface area contributed by atoms with E-state index in [1.54, 1.807) is 0 Å². The summed E-state index contributed by atoms with van der Waals surface area (Å²) < 4.78 is 0. The minimum Gasteiger partial charge on any atom is -0.480 e. The van der Waals surface area contributed by atoms with Gasteiger partial charge in [0.25, 0.3) is 0 Å². The molecular weight excluding hydrogens is 262 g/mol. The molecule has 3 atom stereocenters. The lowest BCUT2D eigenvalue weighted by Crippen LogP contribution is -2.42. The molecule has 21 heavy (non-hydrogen) atoms. The highest BCUT2D eigenvalue weighted by atomic mass is 16.4. The zero-order chi connectivity index (χ0) is 14.7. The van der Waals surface area contributed by atoms with Gasteiger partial charge < -0.3 is 5.11 Å². The molecule has 0 bridgehead atoms. The van der Waals surface area contributed by atoms with Crippen LogP contribution in [0.5, 0.6) is 0 Å². The topological polar surface area (TPSA) is 40.5 Å². The van der Waals surface area contributed by atoms with Crippen molar-refractivity contribution in [2.75, 3.05) is 6.54 Å². The zero-order valence-corrected chi connectivity index (χ0v) is 12.3. The van der Waals surface area contributed by atoms with E-state index in [1.807, 2.05) is 18.2 Å². The molecule has 0 spiro atoms. The fraction of sp³-hybridized carbons (Fsp3) is 0.500. The minimum atomic E-state index is -0.655. The summed E-state index contributed by atoms with van der Waals surface area (Å²) in [6.07, 6.45) is 9.91. The van der Waals surface area contributed by atoms with Crippen molar-refractivity contribution in [2.24, 2.45) is 5.92 Å². The molecule has 3 nitrogen and oxygen atoms in total. The average molecular weight is 285 g/mol. The standard InChI is InChI=1S/C18H23NO2/c20-18(21)17-13-15-10-4-5-11-16(15)19(17)12-6-9-14-7-2-1-3-8-14/h1-3,6-9,15-17H,4-5,10-13H2,(H,20,21)/b9-6+. The van der Waals surface area contributed by atoms with Crippen molar-refractivity contribution in [1.29, 1.82) is 0 Å². The second-order valence-corrected chi connectivity index (χ2v) is 6.21. The van der Waals surface area contributed by atoms with Gasteiger partial charge >= 0.3 is 5.97 Å². The number of nitrogens with zero attached hydrogens (tertiary/aromatic N) is 1. The van der Waals surface area contributed by atoms with E-state index >= 15 is 0 Å². The first-order valence-electron chi connectivity index (χ1n) is 7.96. The largest absolute Gasteiger partial charge is 0.480 e. The van der Waals surface area contributed by atoms with Gasteiger partial charge in [0.15, 0.2) is 0 Å². The normalized spacial score (nSPS) is 29.6. The number of benzene rings is 1. The highest BCUT2D eigenvalue weighted by Gasteiger charge is 2.44. The van der Waals surface area contributed by atoms with Crippen LogP contribution >= 0.6 is 0 Å². The predicted molar refractivity (Wildman–Crippen MR) is 84.0 cm³/mol. The maximum atomic E-state index is 11.5. The van der Waals surface area contributed by atoms with Gasteiger partial charge in [-0.1, -0.05) is 55.3 Å². The number of carboxylic acids is 1. The Bertz CT molecular complexity index is 511. The number of hydrogen-bond donors (Lipinski definition) is 1. The molecule has 1 saturated heterocycles. The molecule has 3 heteroatoms. The first-order chi connectivity index (χ1) is 10.3. The molecule has 2 fully saturated rings. The number of carbonyl (C=O) groups is 1. The van der Waals surface area contributed by atoms with Crippen LogP contribution < -0.4 is 0 Å². The van der Waals surface area contributed by atoms with Crippen molar-refractivity contribution in [2.45, 2.75) is 44.2 Å². The summed E-state index contributed by atoms with van der Waals surface area (Å²) >= 11 is 0. The van der Waals surface area contributed by atoms with Gasteiger partial charge in [-0.15, -0.1) is 0 Å². The van der Waals surface area contributed by atoms with Gasteiger partial charge in [-0.3, -0.25) is 9.69 Å². The maximum Gasteiger partial charge on any atom is 0.320 e. The number of fused-ring (bicyclic) bond motifs is 1.